The molecule has 1 unspecified atom stereocenters. The number of ketones is 1. The van der Waals surface area contributed by atoms with Crippen LogP contribution in [0.25, 0.3) is 0 Å². The molecule has 31 heavy (non-hydrogen) atoms. The number of rotatable bonds is 7. The van der Waals surface area contributed by atoms with Crippen LogP contribution in [0.1, 0.15) is 40.2 Å². The van der Waals surface area contributed by atoms with Crippen molar-refractivity contribution in [3.05, 3.63) is 58.9 Å². The number of amides is 4. The maximum atomic E-state index is 13.0. The number of carbonyl (C=O) groups excluding carboxylic acids is 4. The van der Waals surface area contributed by atoms with E-state index in [2.05, 4.69) is 0 Å². The molecule has 8 heteroatoms. The summed E-state index contributed by atoms with van der Waals surface area (Å²) < 4.78 is 7.73. The predicted molar refractivity (Wildman–Crippen MR) is 111 cm³/mol. The minimum atomic E-state index is -0.970. The molecule has 0 spiro atoms. The van der Waals surface area contributed by atoms with Crippen molar-refractivity contribution in [3.8, 4) is 0 Å². The lowest BCUT2D eigenvalue weighted by Gasteiger charge is -2.16. The van der Waals surface area contributed by atoms with Crippen LogP contribution >= 0.6 is 0 Å². The smallest absolute Gasteiger partial charge is 0.334 e. The first-order chi connectivity index (χ1) is 14.9. The van der Waals surface area contributed by atoms with Crippen molar-refractivity contribution in [2.75, 3.05) is 13.2 Å². The molecule has 0 N–H and O–H groups in total. The molecule has 2 aliphatic heterocycles. The number of benzene rings is 1. The molecule has 2 aromatic rings. The zero-order valence-corrected chi connectivity index (χ0v) is 17.7. The van der Waals surface area contributed by atoms with Crippen molar-refractivity contribution in [1.82, 2.24) is 14.4 Å². The van der Waals surface area contributed by atoms with E-state index >= 15 is 0 Å². The molecule has 1 atom stereocenters. The average molecular weight is 423 g/mol. The van der Waals surface area contributed by atoms with Gasteiger partial charge in [0.2, 0.25) is 0 Å². The van der Waals surface area contributed by atoms with Crippen LogP contribution in [0.5, 0.6) is 0 Å². The summed E-state index contributed by atoms with van der Waals surface area (Å²) >= 11 is 0. The largest absolute Gasteiger partial charge is 0.376 e. The van der Waals surface area contributed by atoms with E-state index in [0.717, 1.165) is 46.2 Å². The van der Waals surface area contributed by atoms with E-state index in [1.807, 2.05) is 24.5 Å². The van der Waals surface area contributed by atoms with Crippen LogP contribution in [0.3, 0.4) is 0 Å². The summed E-state index contributed by atoms with van der Waals surface area (Å²) in [6, 6.07) is 9.93. The number of urea groups is 1. The Morgan fingerprint density at radius 1 is 1.06 bits per heavy atom. The number of aryl methyl sites for hydroxylation is 1. The Balaban J connectivity index is 1.48. The lowest BCUT2D eigenvalue weighted by atomic mass is 10.1. The molecule has 0 radical (unpaired) electrons. The van der Waals surface area contributed by atoms with Gasteiger partial charge in [0.1, 0.15) is 0 Å². The van der Waals surface area contributed by atoms with E-state index < -0.39 is 24.4 Å². The van der Waals surface area contributed by atoms with Gasteiger partial charge in [-0.1, -0.05) is 30.3 Å². The molecule has 162 valence electrons. The molecule has 1 aromatic carbocycles. The Hall–Kier alpha value is -3.26. The van der Waals surface area contributed by atoms with Gasteiger partial charge in [-0.05, 0) is 38.3 Å². The lowest BCUT2D eigenvalue weighted by molar-refractivity contribution is -0.143. The van der Waals surface area contributed by atoms with Crippen LogP contribution in [-0.2, 0) is 27.4 Å². The topological polar surface area (TPSA) is 88.9 Å². The van der Waals surface area contributed by atoms with Gasteiger partial charge in [-0.25, -0.2) is 9.69 Å². The van der Waals surface area contributed by atoms with E-state index in [4.69, 9.17) is 4.74 Å². The van der Waals surface area contributed by atoms with E-state index in [9.17, 15) is 19.2 Å². The van der Waals surface area contributed by atoms with Crippen LogP contribution in [0, 0.1) is 13.8 Å². The maximum absolute atomic E-state index is 13.0. The molecule has 1 aromatic heterocycles. The van der Waals surface area contributed by atoms with Gasteiger partial charge in [-0.15, -0.1) is 0 Å². The number of nitrogens with zero attached hydrogens (tertiary/aromatic N) is 3. The van der Waals surface area contributed by atoms with Gasteiger partial charge in [-0.3, -0.25) is 19.3 Å². The van der Waals surface area contributed by atoms with E-state index in [1.54, 1.807) is 30.3 Å². The molecule has 2 saturated heterocycles. The zero-order valence-electron chi connectivity index (χ0n) is 17.7. The molecule has 0 bridgehead atoms. The van der Waals surface area contributed by atoms with E-state index in [-0.39, 0.29) is 18.4 Å². The summed E-state index contributed by atoms with van der Waals surface area (Å²) in [7, 11) is 0. The number of ether oxygens (including phenoxy) is 1. The first kappa shape index (κ1) is 21.0. The third kappa shape index (κ3) is 4.03. The van der Waals surface area contributed by atoms with Crippen LogP contribution < -0.4 is 0 Å². The van der Waals surface area contributed by atoms with Gasteiger partial charge in [0.25, 0.3) is 0 Å². The van der Waals surface area contributed by atoms with Gasteiger partial charge >= 0.3 is 17.8 Å². The summed E-state index contributed by atoms with van der Waals surface area (Å²) in [6.45, 7) is 4.70. The summed E-state index contributed by atoms with van der Waals surface area (Å²) in [4.78, 5) is 52.1. The fourth-order valence-corrected chi connectivity index (χ4v) is 4.18. The average Bonchev–Trinajstić information content (AvgIpc) is 3.43. The molecule has 4 rings (SSSR count). The van der Waals surface area contributed by atoms with Crippen LogP contribution in [-0.4, -0.2) is 57.3 Å². The fraction of sp³-hybridized carbons (Fsp3) is 0.391. The Morgan fingerprint density at radius 3 is 2.45 bits per heavy atom. The molecule has 8 nitrogen and oxygen atoms in total. The molecule has 2 fully saturated rings. The first-order valence-electron chi connectivity index (χ1n) is 10.4. The van der Waals surface area contributed by atoms with Crippen molar-refractivity contribution < 1.29 is 23.9 Å². The van der Waals surface area contributed by atoms with Crippen molar-refractivity contribution in [3.63, 3.8) is 0 Å². The Labute approximate surface area is 180 Å². The van der Waals surface area contributed by atoms with Crippen LogP contribution in [0.15, 0.2) is 36.4 Å². The Morgan fingerprint density at radius 2 is 1.77 bits per heavy atom. The number of carbonyl (C=O) groups is 4. The van der Waals surface area contributed by atoms with Gasteiger partial charge in [0.05, 0.1) is 19.2 Å². The number of Topliss-reactive ketones (excluding diaryl/α,β-unsaturated/α-hetero) is 1. The monoisotopic (exact) mass is 423 g/mol. The number of hydrogen-bond acceptors (Lipinski definition) is 5. The summed E-state index contributed by atoms with van der Waals surface area (Å²) in [5.74, 6) is -2.25. The third-order valence-electron chi connectivity index (χ3n) is 5.90. The van der Waals surface area contributed by atoms with Gasteiger partial charge in [0.15, 0.2) is 5.78 Å². The van der Waals surface area contributed by atoms with E-state index in [0.29, 0.717) is 12.1 Å². The SMILES string of the molecule is Cc1cc(C(=O)CN2C(=O)C(=O)N(Cc3ccccc3)C2=O)c(C)n1CC1CCCO1. The molecular formula is C23H25N3O5. The Kier molecular flexibility index (Phi) is 5.73. The summed E-state index contributed by atoms with van der Waals surface area (Å²) in [6.07, 6.45) is 2.14. The first-order valence-corrected chi connectivity index (χ1v) is 10.4. The number of aromatic nitrogens is 1. The highest BCUT2D eigenvalue weighted by Gasteiger charge is 2.45. The van der Waals surface area contributed by atoms with Crippen molar-refractivity contribution in [2.45, 2.75) is 45.9 Å². The molecule has 3 heterocycles. The van der Waals surface area contributed by atoms with Crippen molar-refractivity contribution >= 4 is 23.6 Å². The number of imide groups is 2. The van der Waals surface area contributed by atoms with Gasteiger partial charge in [0, 0.05) is 30.1 Å². The summed E-state index contributed by atoms with van der Waals surface area (Å²) in [5.41, 5.74) is 2.86. The highest BCUT2D eigenvalue weighted by atomic mass is 16.5. The highest BCUT2D eigenvalue weighted by Crippen LogP contribution is 2.22. The quantitative estimate of drug-likeness (QED) is 0.388. The van der Waals surface area contributed by atoms with E-state index in [1.165, 1.54) is 0 Å². The van der Waals surface area contributed by atoms with Crippen LogP contribution in [0.2, 0.25) is 0 Å². The maximum Gasteiger partial charge on any atom is 0.334 e. The minimum Gasteiger partial charge on any atom is -0.376 e. The van der Waals surface area contributed by atoms with Gasteiger partial charge in [-0.2, -0.15) is 0 Å². The molecular weight excluding hydrogens is 398 g/mol. The highest BCUT2D eigenvalue weighted by molar-refractivity contribution is 6.45. The predicted octanol–water partition coefficient (Wildman–Crippen LogP) is 2.46. The molecule has 4 amide bonds. The summed E-state index contributed by atoms with van der Waals surface area (Å²) in [5, 5.41) is 0. The standard InChI is InChI=1S/C23H25N3O5/c1-15-11-19(16(2)24(15)13-18-9-6-10-31-18)20(27)14-26-22(29)21(28)25(23(26)30)12-17-7-4-3-5-8-17/h3-5,7-8,11,18H,6,9-10,12-14H2,1-2H3. The Bertz CT molecular complexity index is 1040. The second-order valence-corrected chi connectivity index (χ2v) is 8.00. The van der Waals surface area contributed by atoms with Crippen molar-refractivity contribution in [1.29, 1.82) is 0 Å². The normalized spacial score (nSPS) is 19.0. The third-order valence-corrected chi connectivity index (χ3v) is 5.90. The fourth-order valence-electron chi connectivity index (χ4n) is 4.18. The van der Waals surface area contributed by atoms with Crippen LogP contribution in [0.4, 0.5) is 4.79 Å². The molecule has 0 saturated carbocycles. The van der Waals surface area contributed by atoms with Gasteiger partial charge < -0.3 is 9.30 Å². The zero-order chi connectivity index (χ0) is 22.1. The van der Waals surface area contributed by atoms with Crippen molar-refractivity contribution in [2.24, 2.45) is 0 Å². The molecule has 2 aliphatic rings. The number of hydrogen-bond donors (Lipinski definition) is 0. The molecule has 0 aliphatic carbocycles. The second kappa shape index (κ2) is 8.47. The minimum absolute atomic E-state index is 0.00909. The second-order valence-electron chi connectivity index (χ2n) is 8.00. The lowest BCUT2D eigenvalue weighted by Crippen LogP contribution is -2.37.